The first-order valence-corrected chi connectivity index (χ1v) is 20.3. The minimum atomic E-state index is 0.570. The second-order valence-electron chi connectivity index (χ2n) is 15.1. The lowest BCUT2D eigenvalue weighted by Crippen LogP contribution is -2.00. The van der Waals surface area contributed by atoms with Crippen LogP contribution in [0.15, 0.2) is 203 Å². The Labute approximate surface area is 354 Å². The third-order valence-corrected chi connectivity index (χ3v) is 11.2. The van der Waals surface area contributed by atoms with Crippen LogP contribution in [0.1, 0.15) is 0 Å². The van der Waals surface area contributed by atoms with Gasteiger partial charge in [-0.3, -0.25) is 0 Å². The summed E-state index contributed by atoms with van der Waals surface area (Å²) in [6.45, 7) is 0. The molecule has 0 aliphatic carbocycles. The van der Waals surface area contributed by atoms with E-state index in [9.17, 15) is 0 Å². The van der Waals surface area contributed by atoms with Gasteiger partial charge in [-0.05, 0) is 71.8 Å². The van der Waals surface area contributed by atoms with Crippen LogP contribution in [0.3, 0.4) is 0 Å². The van der Waals surface area contributed by atoms with Crippen molar-refractivity contribution in [3.63, 3.8) is 0 Å². The summed E-state index contributed by atoms with van der Waals surface area (Å²) in [5, 5.41) is 4.12. The van der Waals surface area contributed by atoms with Crippen LogP contribution in [0.4, 0.5) is 0 Å². The zero-order chi connectivity index (χ0) is 41.0. The number of fused-ring (bicyclic) bond motifs is 6. The molecule has 4 aromatic heterocycles. The van der Waals surface area contributed by atoms with E-state index in [0.29, 0.717) is 34.9 Å². The van der Waals surface area contributed by atoms with Gasteiger partial charge in [0.1, 0.15) is 22.3 Å². The number of hydrogen-bond donors (Lipinski definition) is 0. The topological polar surface area (TPSA) is 104 Å². The predicted molar refractivity (Wildman–Crippen MR) is 246 cm³/mol. The molecule has 0 fully saturated rings. The first-order chi connectivity index (χ1) is 30.7. The van der Waals surface area contributed by atoms with E-state index < -0.39 is 0 Å². The van der Waals surface area contributed by atoms with Crippen LogP contribution in [0.25, 0.3) is 123 Å². The Morgan fingerprint density at radius 3 is 0.935 bits per heavy atom. The number of para-hydroxylation sites is 2. The van der Waals surface area contributed by atoms with E-state index >= 15 is 0 Å². The summed E-state index contributed by atoms with van der Waals surface area (Å²) in [4.78, 5) is 30.3. The zero-order valence-electron chi connectivity index (χ0n) is 33.0. The second-order valence-corrected chi connectivity index (χ2v) is 15.1. The number of benzene rings is 8. The van der Waals surface area contributed by atoms with E-state index in [2.05, 4.69) is 48.5 Å². The van der Waals surface area contributed by atoms with Crippen molar-refractivity contribution in [1.29, 1.82) is 0 Å². The average Bonchev–Trinajstić information content (AvgIpc) is 3.92. The minimum Gasteiger partial charge on any atom is -0.456 e. The maximum atomic E-state index is 6.13. The summed E-state index contributed by atoms with van der Waals surface area (Å²) in [6.07, 6.45) is 0. The number of furan rings is 2. The van der Waals surface area contributed by atoms with Gasteiger partial charge in [0.25, 0.3) is 0 Å². The molecule has 8 heteroatoms. The Balaban J connectivity index is 0.951. The van der Waals surface area contributed by atoms with E-state index in [1.165, 1.54) is 0 Å². The lowest BCUT2D eigenvalue weighted by atomic mass is 10.0. The van der Waals surface area contributed by atoms with Crippen LogP contribution >= 0.6 is 0 Å². The standard InChI is InChI=1S/C54H32N6O2/c1-3-13-33(14-4-1)49-55-51(59-53(57-49)39-25-27-47-43(31-39)41-21-7-9-23-45(41)61-47)37-19-11-17-35(29-37)36-18-12-20-38(30-36)52-56-50(34-15-5-2-6-16-34)58-54(60-52)40-26-28-48-44(32-40)42-22-8-10-24-46(42)62-48/h1-32H. The Kier molecular flexibility index (Phi) is 8.31. The highest BCUT2D eigenvalue weighted by molar-refractivity contribution is 6.07. The van der Waals surface area contributed by atoms with Gasteiger partial charge in [0, 0.05) is 54.9 Å². The first kappa shape index (κ1) is 35.3. The Hall–Kier alpha value is -8.62. The normalized spacial score (nSPS) is 11.5. The molecule has 0 atom stereocenters. The van der Waals surface area contributed by atoms with Gasteiger partial charge in [-0.15, -0.1) is 0 Å². The van der Waals surface area contributed by atoms with Crippen molar-refractivity contribution < 1.29 is 8.83 Å². The molecule has 0 radical (unpaired) electrons. The van der Waals surface area contributed by atoms with E-state index in [1.807, 2.05) is 146 Å². The number of hydrogen-bond acceptors (Lipinski definition) is 8. The van der Waals surface area contributed by atoms with Crippen molar-refractivity contribution >= 4 is 43.9 Å². The molecular weight excluding hydrogens is 765 g/mol. The number of aromatic nitrogens is 6. The van der Waals surface area contributed by atoms with Gasteiger partial charge < -0.3 is 8.83 Å². The van der Waals surface area contributed by atoms with E-state index in [-0.39, 0.29) is 0 Å². The quantitative estimate of drug-likeness (QED) is 0.157. The lowest BCUT2D eigenvalue weighted by molar-refractivity contribution is 0.668. The van der Waals surface area contributed by atoms with Crippen molar-refractivity contribution in [1.82, 2.24) is 29.9 Å². The highest BCUT2D eigenvalue weighted by Crippen LogP contribution is 2.36. The molecule has 0 spiro atoms. The molecule has 8 nitrogen and oxygen atoms in total. The van der Waals surface area contributed by atoms with Crippen LogP contribution in [0.5, 0.6) is 0 Å². The Morgan fingerprint density at radius 1 is 0.210 bits per heavy atom. The molecule has 12 aromatic rings. The number of rotatable bonds is 7. The van der Waals surface area contributed by atoms with Gasteiger partial charge in [0.2, 0.25) is 0 Å². The third kappa shape index (κ3) is 6.34. The summed E-state index contributed by atoms with van der Waals surface area (Å²) in [5.41, 5.74) is 10.6. The summed E-state index contributed by atoms with van der Waals surface area (Å²) in [5.74, 6) is 3.48. The maximum absolute atomic E-state index is 6.13. The molecule has 0 N–H and O–H groups in total. The van der Waals surface area contributed by atoms with Gasteiger partial charge in [-0.2, -0.15) is 0 Å². The average molecular weight is 797 g/mol. The van der Waals surface area contributed by atoms with Gasteiger partial charge in [0.05, 0.1) is 0 Å². The molecular formula is C54H32N6O2. The van der Waals surface area contributed by atoms with E-state index in [1.54, 1.807) is 0 Å². The molecule has 62 heavy (non-hydrogen) atoms. The second kappa shape index (κ2) is 14.6. The minimum absolute atomic E-state index is 0.570. The van der Waals surface area contributed by atoms with Crippen LogP contribution in [-0.4, -0.2) is 29.9 Å². The fraction of sp³-hybridized carbons (Fsp3) is 0. The van der Waals surface area contributed by atoms with Crippen LogP contribution < -0.4 is 0 Å². The zero-order valence-corrected chi connectivity index (χ0v) is 33.0. The predicted octanol–water partition coefficient (Wildman–Crippen LogP) is 13.5. The molecule has 0 bridgehead atoms. The van der Waals surface area contributed by atoms with Gasteiger partial charge >= 0.3 is 0 Å². The highest BCUT2D eigenvalue weighted by Gasteiger charge is 2.18. The largest absolute Gasteiger partial charge is 0.456 e. The van der Waals surface area contributed by atoms with Crippen LogP contribution in [0.2, 0.25) is 0 Å². The Bertz CT molecular complexity index is 3410. The SMILES string of the molecule is c1ccc(-c2nc(-c3cccc(-c4cccc(-c5nc(-c6ccccc6)nc(-c6ccc7oc8ccccc8c7c6)n5)c4)c3)nc(-c3ccc4oc5ccccc5c4c3)n2)cc1. The molecule has 4 heterocycles. The van der Waals surface area contributed by atoms with Crippen LogP contribution in [-0.2, 0) is 0 Å². The van der Waals surface area contributed by atoms with Crippen molar-refractivity contribution in [3.05, 3.63) is 194 Å². The summed E-state index contributed by atoms with van der Waals surface area (Å²) < 4.78 is 12.3. The summed E-state index contributed by atoms with van der Waals surface area (Å²) in [6, 6.07) is 65.0. The Morgan fingerprint density at radius 2 is 0.516 bits per heavy atom. The molecule has 0 aliphatic rings. The molecule has 0 unspecified atom stereocenters. The molecule has 12 rings (SSSR count). The smallest absolute Gasteiger partial charge is 0.164 e. The summed E-state index contributed by atoms with van der Waals surface area (Å²) >= 11 is 0. The fourth-order valence-corrected chi connectivity index (χ4v) is 8.11. The molecule has 0 aliphatic heterocycles. The van der Waals surface area contributed by atoms with Crippen molar-refractivity contribution in [2.45, 2.75) is 0 Å². The maximum Gasteiger partial charge on any atom is 0.164 e. The van der Waals surface area contributed by atoms with Crippen molar-refractivity contribution in [2.75, 3.05) is 0 Å². The third-order valence-electron chi connectivity index (χ3n) is 11.2. The van der Waals surface area contributed by atoms with Gasteiger partial charge in [0.15, 0.2) is 34.9 Å². The summed E-state index contributed by atoms with van der Waals surface area (Å²) in [7, 11) is 0. The first-order valence-electron chi connectivity index (χ1n) is 20.3. The molecule has 0 saturated carbocycles. The van der Waals surface area contributed by atoms with E-state index in [0.717, 1.165) is 88.4 Å². The van der Waals surface area contributed by atoms with Gasteiger partial charge in [-0.25, -0.2) is 29.9 Å². The van der Waals surface area contributed by atoms with Crippen molar-refractivity contribution in [3.8, 4) is 79.5 Å². The molecule has 8 aromatic carbocycles. The molecule has 0 saturated heterocycles. The number of nitrogens with zero attached hydrogens (tertiary/aromatic N) is 6. The van der Waals surface area contributed by atoms with Crippen molar-refractivity contribution in [2.24, 2.45) is 0 Å². The molecule has 290 valence electrons. The van der Waals surface area contributed by atoms with E-state index in [4.69, 9.17) is 38.7 Å². The lowest BCUT2D eigenvalue weighted by Gasteiger charge is -2.11. The fourth-order valence-electron chi connectivity index (χ4n) is 8.11. The van der Waals surface area contributed by atoms with Gasteiger partial charge in [-0.1, -0.05) is 133 Å². The molecule has 0 amide bonds. The van der Waals surface area contributed by atoms with Crippen LogP contribution in [0, 0.1) is 0 Å². The highest BCUT2D eigenvalue weighted by atomic mass is 16.3. The monoisotopic (exact) mass is 796 g/mol.